The Balaban J connectivity index is 1.89. The summed E-state index contributed by atoms with van der Waals surface area (Å²) in [4.78, 5) is 0. The van der Waals surface area contributed by atoms with E-state index in [2.05, 4.69) is 54.4 Å². The second-order valence-electron chi connectivity index (χ2n) is 7.16. The van der Waals surface area contributed by atoms with Gasteiger partial charge in [-0.25, -0.2) is 4.18 Å². The van der Waals surface area contributed by atoms with E-state index in [9.17, 15) is 8.42 Å². The molecule has 0 saturated carbocycles. The molecule has 30 heavy (non-hydrogen) atoms. The summed E-state index contributed by atoms with van der Waals surface area (Å²) in [7, 11) is -4.49. The Morgan fingerprint density at radius 1 is 0.767 bits per heavy atom. The van der Waals surface area contributed by atoms with Gasteiger partial charge in [-0.05, 0) is 22.8 Å². The number of ether oxygens (including phenoxy) is 1. The minimum atomic E-state index is -4.49. The van der Waals surface area contributed by atoms with Crippen molar-refractivity contribution >= 4 is 10.4 Å². The zero-order valence-electron chi connectivity index (χ0n) is 17.1. The van der Waals surface area contributed by atoms with Gasteiger partial charge >= 0.3 is 10.4 Å². The molecule has 0 aliphatic heterocycles. The van der Waals surface area contributed by atoms with Crippen LogP contribution in [0.25, 0.3) is 0 Å². The molecule has 2 unspecified atom stereocenters. The third-order valence-electron chi connectivity index (χ3n) is 5.18. The SMILES string of the molecule is CC(c1ccccc1)c1ccc(C(C)c2ccccc2)c(OCCOS(=O)(=O)O)c1. The summed E-state index contributed by atoms with van der Waals surface area (Å²) in [6.07, 6.45) is 0. The van der Waals surface area contributed by atoms with Crippen LogP contribution >= 0.6 is 0 Å². The lowest BCUT2D eigenvalue weighted by Gasteiger charge is -2.20. The van der Waals surface area contributed by atoms with E-state index < -0.39 is 10.4 Å². The minimum absolute atomic E-state index is 0.00251. The number of hydrogen-bond donors (Lipinski definition) is 1. The van der Waals surface area contributed by atoms with Gasteiger partial charge < -0.3 is 4.74 Å². The Bertz CT molecular complexity index is 1050. The molecular weight excluding hydrogens is 400 g/mol. The molecule has 158 valence electrons. The Labute approximate surface area is 178 Å². The molecule has 1 N–H and O–H groups in total. The van der Waals surface area contributed by atoms with Crippen LogP contribution in [0.2, 0.25) is 0 Å². The molecule has 6 heteroatoms. The first-order chi connectivity index (χ1) is 14.3. The third-order valence-corrected chi connectivity index (χ3v) is 5.64. The summed E-state index contributed by atoms with van der Waals surface area (Å²) in [5.74, 6) is 0.930. The van der Waals surface area contributed by atoms with E-state index in [0.717, 1.165) is 16.7 Å². The molecule has 0 heterocycles. The number of benzene rings is 3. The van der Waals surface area contributed by atoms with E-state index >= 15 is 0 Å². The zero-order valence-corrected chi connectivity index (χ0v) is 17.9. The highest BCUT2D eigenvalue weighted by Gasteiger charge is 2.17. The van der Waals surface area contributed by atoms with E-state index in [0.29, 0.717) is 5.75 Å². The fourth-order valence-corrected chi connectivity index (χ4v) is 3.73. The van der Waals surface area contributed by atoms with Gasteiger partial charge in [-0.1, -0.05) is 86.6 Å². The summed E-state index contributed by atoms with van der Waals surface area (Å²) in [6.45, 7) is 3.97. The van der Waals surface area contributed by atoms with Gasteiger partial charge in [-0.2, -0.15) is 8.42 Å². The second kappa shape index (κ2) is 9.89. The summed E-state index contributed by atoms with van der Waals surface area (Å²) in [5, 5.41) is 0. The van der Waals surface area contributed by atoms with E-state index in [1.54, 1.807) is 0 Å². The predicted molar refractivity (Wildman–Crippen MR) is 117 cm³/mol. The number of rotatable bonds is 9. The first kappa shape index (κ1) is 22.0. The van der Waals surface area contributed by atoms with Gasteiger partial charge in [0.1, 0.15) is 19.0 Å². The highest BCUT2D eigenvalue weighted by Crippen LogP contribution is 2.35. The van der Waals surface area contributed by atoms with Crippen LogP contribution < -0.4 is 4.74 Å². The van der Waals surface area contributed by atoms with Gasteiger partial charge in [-0.15, -0.1) is 0 Å². The van der Waals surface area contributed by atoms with Crippen LogP contribution in [0.4, 0.5) is 0 Å². The molecule has 0 fully saturated rings. The number of hydrogen-bond acceptors (Lipinski definition) is 4. The smallest absolute Gasteiger partial charge is 0.397 e. The summed E-state index contributed by atoms with van der Waals surface area (Å²) in [5.41, 5.74) is 4.44. The maximum atomic E-state index is 10.8. The maximum Gasteiger partial charge on any atom is 0.397 e. The molecule has 5 nitrogen and oxygen atoms in total. The fourth-order valence-electron chi connectivity index (χ4n) is 3.45. The van der Waals surface area contributed by atoms with Crippen molar-refractivity contribution < 1.29 is 21.9 Å². The lowest BCUT2D eigenvalue weighted by atomic mass is 9.88. The van der Waals surface area contributed by atoms with Crippen LogP contribution in [0.5, 0.6) is 5.75 Å². The van der Waals surface area contributed by atoms with Gasteiger partial charge in [0.05, 0.1) is 0 Å². The standard InChI is InChI=1S/C24H26O5S/c1-18(20-9-5-3-6-10-20)22-13-14-23(19(2)21-11-7-4-8-12-21)24(17-22)28-15-16-29-30(25,26)27/h3-14,17-19H,15-16H2,1-2H3,(H,25,26,27). The molecule has 2 atom stereocenters. The van der Waals surface area contributed by atoms with E-state index in [-0.39, 0.29) is 25.0 Å². The van der Waals surface area contributed by atoms with Gasteiger partial charge in [-0.3, -0.25) is 4.55 Å². The van der Waals surface area contributed by atoms with Crippen molar-refractivity contribution in [3.8, 4) is 5.75 Å². The lowest BCUT2D eigenvalue weighted by molar-refractivity contribution is 0.200. The average Bonchev–Trinajstić information content (AvgIpc) is 2.76. The maximum absolute atomic E-state index is 10.8. The van der Waals surface area contributed by atoms with Crippen molar-refractivity contribution in [2.24, 2.45) is 0 Å². The minimum Gasteiger partial charge on any atom is -0.491 e. The molecule has 3 rings (SSSR count). The van der Waals surface area contributed by atoms with Crippen LogP contribution in [0, 0.1) is 0 Å². The van der Waals surface area contributed by atoms with Crippen molar-refractivity contribution in [1.29, 1.82) is 0 Å². The quantitative estimate of drug-likeness (QED) is 0.377. The molecule has 0 bridgehead atoms. The van der Waals surface area contributed by atoms with Crippen LogP contribution in [0.3, 0.4) is 0 Å². The summed E-state index contributed by atoms with van der Waals surface area (Å²) < 4.78 is 40.6. The van der Waals surface area contributed by atoms with Crippen molar-refractivity contribution in [3.05, 3.63) is 101 Å². The zero-order chi connectivity index (χ0) is 21.6. The molecule has 0 radical (unpaired) electrons. The average molecular weight is 427 g/mol. The van der Waals surface area contributed by atoms with E-state index in [1.807, 2.05) is 42.5 Å². The summed E-state index contributed by atoms with van der Waals surface area (Å²) in [6, 6.07) is 26.5. The van der Waals surface area contributed by atoms with Crippen LogP contribution in [-0.4, -0.2) is 26.2 Å². The first-order valence-corrected chi connectivity index (χ1v) is 11.2. The van der Waals surface area contributed by atoms with Crippen LogP contribution in [0.15, 0.2) is 78.9 Å². The molecule has 0 aromatic heterocycles. The Kier molecular flexibility index (Phi) is 7.26. The molecule has 3 aromatic carbocycles. The Morgan fingerprint density at radius 3 is 1.90 bits per heavy atom. The summed E-state index contributed by atoms with van der Waals surface area (Å²) >= 11 is 0. The van der Waals surface area contributed by atoms with Gasteiger partial charge in [0, 0.05) is 17.4 Å². The predicted octanol–water partition coefficient (Wildman–Crippen LogP) is 5.19. The molecule has 0 aliphatic carbocycles. The third kappa shape index (κ3) is 5.92. The van der Waals surface area contributed by atoms with Crippen molar-refractivity contribution in [1.82, 2.24) is 0 Å². The molecule has 0 saturated heterocycles. The Morgan fingerprint density at radius 2 is 1.33 bits per heavy atom. The molecule has 0 aliphatic rings. The van der Waals surface area contributed by atoms with Crippen LogP contribution in [-0.2, 0) is 14.6 Å². The van der Waals surface area contributed by atoms with E-state index in [1.165, 1.54) is 5.56 Å². The van der Waals surface area contributed by atoms with Crippen molar-refractivity contribution in [3.63, 3.8) is 0 Å². The Hall–Kier alpha value is -2.67. The molecular formula is C24H26O5S. The van der Waals surface area contributed by atoms with E-state index in [4.69, 9.17) is 9.29 Å². The normalized spacial score (nSPS) is 13.6. The molecule has 0 spiro atoms. The topological polar surface area (TPSA) is 72.8 Å². The highest BCUT2D eigenvalue weighted by atomic mass is 32.3. The molecule has 0 amide bonds. The van der Waals surface area contributed by atoms with Crippen LogP contribution in [0.1, 0.15) is 47.9 Å². The van der Waals surface area contributed by atoms with Gasteiger partial charge in [0.2, 0.25) is 0 Å². The van der Waals surface area contributed by atoms with Gasteiger partial charge in [0.25, 0.3) is 0 Å². The first-order valence-electron chi connectivity index (χ1n) is 9.83. The van der Waals surface area contributed by atoms with Gasteiger partial charge in [0.15, 0.2) is 0 Å². The van der Waals surface area contributed by atoms with Crippen molar-refractivity contribution in [2.45, 2.75) is 25.7 Å². The fraction of sp³-hybridized carbons (Fsp3) is 0.250. The lowest BCUT2D eigenvalue weighted by Crippen LogP contribution is -2.13. The van der Waals surface area contributed by atoms with Crippen molar-refractivity contribution in [2.75, 3.05) is 13.2 Å². The monoisotopic (exact) mass is 426 g/mol. The second-order valence-corrected chi connectivity index (χ2v) is 8.25. The highest BCUT2D eigenvalue weighted by molar-refractivity contribution is 7.80. The molecule has 3 aromatic rings. The largest absolute Gasteiger partial charge is 0.491 e.